The van der Waals surface area contributed by atoms with Crippen molar-refractivity contribution < 1.29 is 23.0 Å². The maximum absolute atomic E-state index is 11.4. The predicted octanol–water partition coefficient (Wildman–Crippen LogP) is 3.05. The van der Waals surface area contributed by atoms with Crippen molar-refractivity contribution in [3.05, 3.63) is 88.2 Å². The zero-order chi connectivity index (χ0) is 28.6. The van der Waals surface area contributed by atoms with Crippen LogP contribution in [0.1, 0.15) is 61.8 Å². The van der Waals surface area contributed by atoms with E-state index in [-0.39, 0.29) is 35.0 Å². The third-order valence-corrected chi connectivity index (χ3v) is 5.70. The molecule has 3 N–H and O–H groups in total. The first-order valence-corrected chi connectivity index (χ1v) is 12.0. The number of furan rings is 2. The highest BCUT2D eigenvalue weighted by molar-refractivity contribution is 5.62. The zero-order valence-corrected chi connectivity index (χ0v) is 22.6. The fourth-order valence-electron chi connectivity index (χ4n) is 3.46. The van der Waals surface area contributed by atoms with Crippen LogP contribution < -0.4 is 47.0 Å². The summed E-state index contributed by atoms with van der Waals surface area (Å²) >= 11 is 0. The minimum absolute atomic E-state index is 0.0208. The maximum atomic E-state index is 11.4. The predicted molar refractivity (Wildman–Crippen MR) is 143 cm³/mol. The molecular formula is C27H34N2O9. The molecule has 0 spiro atoms. The second-order valence-electron chi connectivity index (χ2n) is 8.31. The topological polar surface area (TPSA) is 160 Å². The van der Waals surface area contributed by atoms with E-state index in [1.807, 2.05) is 52.0 Å². The van der Waals surface area contributed by atoms with Crippen LogP contribution in [0.4, 0.5) is 5.69 Å². The molecule has 4 rings (SSSR count). The highest BCUT2D eigenvalue weighted by atomic mass is 16.5. The molecule has 0 unspecified atom stereocenters. The Kier molecular flexibility index (Phi) is 10.6. The lowest BCUT2D eigenvalue weighted by molar-refractivity contribution is 0.339. The van der Waals surface area contributed by atoms with Crippen molar-refractivity contribution >= 4 is 5.69 Å². The molecule has 0 radical (unpaired) electrons. The molecule has 0 aliphatic carbocycles. The van der Waals surface area contributed by atoms with E-state index >= 15 is 0 Å². The summed E-state index contributed by atoms with van der Waals surface area (Å²) in [5.41, 5.74) is 3.62. The van der Waals surface area contributed by atoms with Gasteiger partial charge in [-0.15, -0.1) is 0 Å². The summed E-state index contributed by atoms with van der Waals surface area (Å²) in [4.78, 5) is 43.8. The van der Waals surface area contributed by atoms with Crippen LogP contribution in [0.3, 0.4) is 0 Å². The third-order valence-electron chi connectivity index (χ3n) is 5.70. The van der Waals surface area contributed by atoms with Crippen molar-refractivity contribution in [3.63, 3.8) is 0 Å². The zero-order valence-electron chi connectivity index (χ0n) is 22.6. The molecule has 2 aromatic heterocycles. The van der Waals surface area contributed by atoms with Crippen molar-refractivity contribution in [2.75, 3.05) is 26.6 Å². The number of rotatable bonds is 9. The van der Waals surface area contributed by atoms with Crippen LogP contribution in [0.2, 0.25) is 0 Å². The average molecular weight is 531 g/mol. The van der Waals surface area contributed by atoms with Crippen LogP contribution in [0, 0.1) is 13.8 Å². The summed E-state index contributed by atoms with van der Waals surface area (Å²) in [6.45, 7) is 7.79. The first-order valence-electron chi connectivity index (χ1n) is 12.0. The van der Waals surface area contributed by atoms with E-state index in [0.717, 1.165) is 35.9 Å². The minimum Gasteiger partial charge on any atom is -0.491 e. The summed E-state index contributed by atoms with van der Waals surface area (Å²) in [5, 5.41) is 3.00. The molecule has 0 bridgehead atoms. The fourth-order valence-corrected chi connectivity index (χ4v) is 3.46. The van der Waals surface area contributed by atoms with Crippen molar-refractivity contribution in [2.24, 2.45) is 5.73 Å². The largest absolute Gasteiger partial charge is 0.491 e. The number of nitrogens with one attached hydrogen (secondary N) is 1. The second kappa shape index (κ2) is 13.4. The molecule has 2 atom stereocenters. The summed E-state index contributed by atoms with van der Waals surface area (Å²) < 4.78 is 24.8. The maximum Gasteiger partial charge on any atom is 0.275 e. The van der Waals surface area contributed by atoms with Gasteiger partial charge in [0.1, 0.15) is 28.7 Å². The molecule has 0 saturated carbocycles. The smallest absolute Gasteiger partial charge is 0.275 e. The van der Waals surface area contributed by atoms with Gasteiger partial charge in [0.25, 0.3) is 21.7 Å². The van der Waals surface area contributed by atoms with Gasteiger partial charge in [0.15, 0.2) is 5.75 Å². The van der Waals surface area contributed by atoms with E-state index in [0.29, 0.717) is 0 Å². The number of aryl methyl sites for hydroxylation is 2. The van der Waals surface area contributed by atoms with Gasteiger partial charge >= 0.3 is 0 Å². The molecule has 11 nitrogen and oxygen atoms in total. The molecule has 4 aromatic rings. The van der Waals surface area contributed by atoms with E-state index in [2.05, 4.69) is 14.8 Å². The van der Waals surface area contributed by atoms with Gasteiger partial charge in [0.05, 0.1) is 33.4 Å². The summed E-state index contributed by atoms with van der Waals surface area (Å²) in [5.74, 6) is 3.51. The Balaban J connectivity index is 0.000000216. The first kappa shape index (κ1) is 30.1. The van der Waals surface area contributed by atoms with Crippen molar-refractivity contribution in [3.8, 4) is 17.2 Å². The monoisotopic (exact) mass is 530 g/mol. The SMILES string of the molecule is CC[C@@H](N)c1ccc(C)o1.CC[C@@H](Nc1c(OC)c(=O)c1=O)c1ccc(C)o1.COc1c(OC)c(=O)c1=O. The van der Waals surface area contributed by atoms with Gasteiger partial charge in [-0.05, 0) is 51.0 Å². The standard InChI is InChI=1S/C13H15NO4.C8H13NO.C6H6O4/c1-4-8(9-6-5-7(2)18-9)14-10-11(15)12(16)13(10)17-3;1-3-7(9)8-5-4-6(2)10-8;1-9-5-3(7)4(8)6(5)10-2/h5-6,8,14H,4H2,1-3H3;4-5,7H,3,9H2,1-2H3;1-2H3/t8-;7-;/m11./s1. The van der Waals surface area contributed by atoms with Crippen molar-refractivity contribution in [1.82, 2.24) is 0 Å². The van der Waals surface area contributed by atoms with Crippen LogP contribution in [0.25, 0.3) is 0 Å². The molecule has 2 heterocycles. The second-order valence-corrected chi connectivity index (χ2v) is 8.31. The summed E-state index contributed by atoms with van der Waals surface area (Å²) in [6, 6.07) is 7.51. The quantitative estimate of drug-likeness (QED) is 0.306. The Hall–Kier alpha value is -4.12. The van der Waals surface area contributed by atoms with E-state index in [1.54, 1.807) is 0 Å². The normalized spacial score (nSPS) is 12.1. The van der Waals surface area contributed by atoms with Gasteiger partial charge in [0, 0.05) is 0 Å². The number of nitrogens with two attached hydrogens (primary N) is 1. The molecule has 11 heteroatoms. The van der Waals surface area contributed by atoms with Gasteiger partial charge in [-0.1, -0.05) is 13.8 Å². The average Bonchev–Trinajstić information content (AvgIpc) is 3.56. The van der Waals surface area contributed by atoms with E-state index in [9.17, 15) is 19.2 Å². The number of methoxy groups -OCH3 is 3. The number of hydrogen-bond acceptors (Lipinski definition) is 11. The van der Waals surface area contributed by atoms with Crippen LogP contribution in [-0.2, 0) is 0 Å². The number of ether oxygens (including phenoxy) is 3. The molecule has 206 valence electrons. The van der Waals surface area contributed by atoms with Gasteiger partial charge in [-0.2, -0.15) is 0 Å². The summed E-state index contributed by atoms with van der Waals surface area (Å²) in [7, 11) is 4.01. The molecule has 38 heavy (non-hydrogen) atoms. The van der Waals surface area contributed by atoms with Crippen LogP contribution in [0.15, 0.2) is 52.3 Å². The van der Waals surface area contributed by atoms with Crippen molar-refractivity contribution in [1.29, 1.82) is 0 Å². The molecule has 0 saturated heterocycles. The lowest BCUT2D eigenvalue weighted by Gasteiger charge is -2.18. The lowest BCUT2D eigenvalue weighted by atomic mass is 10.1. The number of hydrogen-bond donors (Lipinski definition) is 2. The first-order chi connectivity index (χ1) is 18.0. The molecule has 0 fully saturated rings. The van der Waals surface area contributed by atoms with E-state index in [4.69, 9.17) is 19.3 Å². The Morgan fingerprint density at radius 2 is 1.16 bits per heavy atom. The lowest BCUT2D eigenvalue weighted by Crippen LogP contribution is -2.36. The van der Waals surface area contributed by atoms with E-state index in [1.165, 1.54) is 21.3 Å². The van der Waals surface area contributed by atoms with Gasteiger partial charge in [0.2, 0.25) is 11.5 Å². The van der Waals surface area contributed by atoms with Crippen LogP contribution in [0.5, 0.6) is 17.2 Å². The third kappa shape index (κ3) is 6.60. The Morgan fingerprint density at radius 1 is 0.711 bits per heavy atom. The van der Waals surface area contributed by atoms with Crippen LogP contribution in [-0.4, -0.2) is 21.3 Å². The Labute approximate surface area is 219 Å². The molecule has 0 aliphatic heterocycles. The van der Waals surface area contributed by atoms with Gasteiger partial charge < -0.3 is 34.1 Å². The van der Waals surface area contributed by atoms with Gasteiger partial charge in [-0.3, -0.25) is 19.2 Å². The fraction of sp³-hybridized carbons (Fsp3) is 0.407. The minimum atomic E-state index is -0.612. The van der Waals surface area contributed by atoms with Crippen molar-refractivity contribution in [2.45, 2.75) is 52.6 Å². The summed E-state index contributed by atoms with van der Waals surface area (Å²) in [6.07, 6.45) is 1.65. The Morgan fingerprint density at radius 3 is 1.53 bits per heavy atom. The van der Waals surface area contributed by atoms with E-state index < -0.39 is 21.7 Å². The molecular weight excluding hydrogens is 496 g/mol. The highest BCUT2D eigenvalue weighted by Gasteiger charge is 2.25. The van der Waals surface area contributed by atoms with Crippen LogP contribution >= 0.6 is 0 Å². The van der Waals surface area contributed by atoms with Gasteiger partial charge in [-0.25, -0.2) is 0 Å². The molecule has 2 aromatic carbocycles. The number of anilines is 1. The highest BCUT2D eigenvalue weighted by Crippen LogP contribution is 2.27. The Bertz CT molecular complexity index is 1430. The molecule has 0 aliphatic rings. The molecule has 0 amide bonds.